The quantitative estimate of drug-likeness (QED) is 0.354. The number of nitrogens with zero attached hydrogens (tertiary/aromatic N) is 4. The molecule has 2 aromatic carbocycles. The smallest absolute Gasteiger partial charge is 0.163 e. The molecule has 0 saturated heterocycles. The third-order valence-corrected chi connectivity index (χ3v) is 6.49. The lowest BCUT2D eigenvalue weighted by Gasteiger charge is -2.12. The number of fused-ring (bicyclic) bond motifs is 1. The highest BCUT2D eigenvalue weighted by Gasteiger charge is 2.17. The summed E-state index contributed by atoms with van der Waals surface area (Å²) in [5, 5.41) is 4.58. The molecule has 0 aliphatic rings. The Kier molecular flexibility index (Phi) is 5.55. The Hall–Kier alpha value is -3.35. The van der Waals surface area contributed by atoms with Gasteiger partial charge in [-0.15, -0.1) is 0 Å². The molecule has 0 spiro atoms. The van der Waals surface area contributed by atoms with Gasteiger partial charge in [0.05, 0.1) is 27.8 Å². The first-order valence-corrected chi connectivity index (χ1v) is 11.3. The largest absolute Gasteiger partial charge is 0.325 e. The van der Waals surface area contributed by atoms with Gasteiger partial charge in [-0.1, -0.05) is 66.2 Å². The number of hydrogen-bond acceptors (Lipinski definition) is 4. The molecule has 6 heteroatoms. The van der Waals surface area contributed by atoms with Gasteiger partial charge >= 0.3 is 0 Å². The number of rotatable bonds is 5. The summed E-state index contributed by atoms with van der Waals surface area (Å²) in [6.45, 7) is 2.44. The summed E-state index contributed by atoms with van der Waals surface area (Å²) in [5.74, 6) is 0. The summed E-state index contributed by atoms with van der Waals surface area (Å²) in [6, 6.07) is 22.8. The second kappa shape index (κ2) is 8.65. The summed E-state index contributed by atoms with van der Waals surface area (Å²) in [5.41, 5.74) is 15.1. The summed E-state index contributed by atoms with van der Waals surface area (Å²) >= 11 is 3.72. The van der Waals surface area contributed by atoms with Gasteiger partial charge in [-0.25, -0.2) is 9.50 Å². The molecule has 5 nitrogen and oxygen atoms in total. The molecule has 0 saturated carbocycles. The fourth-order valence-corrected chi connectivity index (χ4v) is 4.37. The van der Waals surface area contributed by atoms with E-state index in [4.69, 9.17) is 10.7 Å². The summed E-state index contributed by atoms with van der Waals surface area (Å²) in [4.78, 5) is 9.66. The van der Waals surface area contributed by atoms with Crippen molar-refractivity contribution >= 4 is 21.6 Å². The van der Waals surface area contributed by atoms with Crippen molar-refractivity contribution in [2.45, 2.75) is 19.9 Å². The maximum absolute atomic E-state index is 6.10. The van der Waals surface area contributed by atoms with Crippen LogP contribution in [0.3, 0.4) is 0 Å². The van der Waals surface area contributed by atoms with Crippen molar-refractivity contribution in [2.24, 2.45) is 5.73 Å². The van der Waals surface area contributed by atoms with Crippen LogP contribution in [0, 0.1) is 6.92 Å². The molecule has 0 atom stereocenters. The van der Waals surface area contributed by atoms with Crippen LogP contribution in [0.1, 0.15) is 22.5 Å². The highest BCUT2D eigenvalue weighted by atomic mass is 79.9. The molecule has 0 radical (unpaired) electrons. The Morgan fingerprint density at radius 2 is 1.69 bits per heavy atom. The van der Waals surface area contributed by atoms with E-state index in [-0.39, 0.29) is 0 Å². The molecule has 0 fully saturated rings. The van der Waals surface area contributed by atoms with Gasteiger partial charge in [0.15, 0.2) is 5.65 Å². The predicted octanol–water partition coefficient (Wildman–Crippen LogP) is 5.58. The molecule has 0 unspecified atom stereocenters. The molecular weight excluding hydrogens is 462 g/mol. The van der Waals surface area contributed by atoms with Crippen LogP contribution in [-0.2, 0) is 13.0 Å². The third kappa shape index (κ3) is 3.83. The van der Waals surface area contributed by atoms with E-state index in [1.54, 1.807) is 0 Å². The van der Waals surface area contributed by atoms with Crippen molar-refractivity contribution in [1.29, 1.82) is 0 Å². The zero-order valence-corrected chi connectivity index (χ0v) is 19.2. The van der Waals surface area contributed by atoms with Gasteiger partial charge in [0, 0.05) is 35.9 Å². The minimum absolute atomic E-state index is 0.354. The Bertz CT molecular complexity index is 1370. The van der Waals surface area contributed by atoms with Gasteiger partial charge in [-0.3, -0.25) is 4.98 Å². The first-order valence-electron chi connectivity index (χ1n) is 10.5. The van der Waals surface area contributed by atoms with Crippen molar-refractivity contribution in [3.63, 3.8) is 0 Å². The molecule has 3 aromatic heterocycles. The van der Waals surface area contributed by atoms with Crippen LogP contribution in [0.15, 0.2) is 83.6 Å². The average molecular weight is 484 g/mol. The number of halogens is 1. The number of aromatic nitrogens is 4. The van der Waals surface area contributed by atoms with E-state index in [1.165, 1.54) is 11.1 Å². The van der Waals surface area contributed by atoms with E-state index in [2.05, 4.69) is 75.4 Å². The number of pyridine rings is 1. The topological polar surface area (TPSA) is 69.1 Å². The van der Waals surface area contributed by atoms with Gasteiger partial charge in [-0.2, -0.15) is 5.10 Å². The molecule has 2 N–H and O–H groups in total. The number of benzene rings is 2. The van der Waals surface area contributed by atoms with E-state index in [0.717, 1.165) is 43.9 Å². The second-order valence-electron chi connectivity index (χ2n) is 7.78. The molecule has 32 heavy (non-hydrogen) atoms. The van der Waals surface area contributed by atoms with E-state index < -0.39 is 0 Å². The third-order valence-electron chi connectivity index (χ3n) is 5.58. The maximum Gasteiger partial charge on any atom is 0.163 e. The molecule has 0 amide bonds. The van der Waals surface area contributed by atoms with Gasteiger partial charge in [0.25, 0.3) is 0 Å². The van der Waals surface area contributed by atoms with Gasteiger partial charge in [-0.05, 0) is 34.5 Å². The van der Waals surface area contributed by atoms with Crippen molar-refractivity contribution in [3.8, 4) is 22.4 Å². The standard InChI is InChI=1S/C26H22BrN5/c1-17-7-9-18(10-8-17)13-23-25(27)24(14-28)32-26(31-23)21(16-30-32)20-11-12-22(29-15-20)19-5-3-2-4-6-19/h2-12,15-16H,13-14,28H2,1H3. The molecule has 0 aliphatic carbocycles. The lowest BCUT2D eigenvalue weighted by molar-refractivity contribution is 0.813. The Labute approximate surface area is 195 Å². The Balaban J connectivity index is 1.57. The van der Waals surface area contributed by atoms with E-state index in [1.807, 2.05) is 41.2 Å². The SMILES string of the molecule is Cc1ccc(Cc2nc3c(-c4ccc(-c5ccccc5)nc4)cnn3c(CN)c2Br)cc1. The lowest BCUT2D eigenvalue weighted by Crippen LogP contribution is -2.10. The highest BCUT2D eigenvalue weighted by molar-refractivity contribution is 9.10. The summed E-state index contributed by atoms with van der Waals surface area (Å²) < 4.78 is 2.73. The van der Waals surface area contributed by atoms with E-state index in [9.17, 15) is 0 Å². The molecule has 5 aromatic rings. The zero-order chi connectivity index (χ0) is 22.1. The molecule has 0 aliphatic heterocycles. The van der Waals surface area contributed by atoms with Crippen LogP contribution in [0.25, 0.3) is 28.0 Å². The average Bonchev–Trinajstić information content (AvgIpc) is 3.25. The Morgan fingerprint density at radius 1 is 0.906 bits per heavy atom. The lowest BCUT2D eigenvalue weighted by atomic mass is 10.1. The van der Waals surface area contributed by atoms with E-state index in [0.29, 0.717) is 13.0 Å². The van der Waals surface area contributed by atoms with Crippen LogP contribution in [0.4, 0.5) is 0 Å². The first kappa shape index (κ1) is 20.5. The fourth-order valence-electron chi connectivity index (χ4n) is 3.81. The fraction of sp³-hybridized carbons (Fsp3) is 0.115. The van der Waals surface area contributed by atoms with Crippen LogP contribution < -0.4 is 5.73 Å². The summed E-state index contributed by atoms with van der Waals surface area (Å²) in [6.07, 6.45) is 4.42. The number of nitrogens with two attached hydrogens (primary N) is 1. The number of hydrogen-bond donors (Lipinski definition) is 1. The van der Waals surface area contributed by atoms with Crippen LogP contribution in [-0.4, -0.2) is 19.6 Å². The van der Waals surface area contributed by atoms with Gasteiger partial charge < -0.3 is 5.73 Å². The molecule has 5 rings (SSSR count). The maximum atomic E-state index is 6.10. The monoisotopic (exact) mass is 483 g/mol. The van der Waals surface area contributed by atoms with Crippen molar-refractivity contribution in [1.82, 2.24) is 19.6 Å². The van der Waals surface area contributed by atoms with Crippen molar-refractivity contribution < 1.29 is 0 Å². The number of aryl methyl sites for hydroxylation is 1. The summed E-state index contributed by atoms with van der Waals surface area (Å²) in [7, 11) is 0. The molecule has 3 heterocycles. The van der Waals surface area contributed by atoms with Gasteiger partial charge in [0.1, 0.15) is 0 Å². The normalized spacial score (nSPS) is 11.2. The van der Waals surface area contributed by atoms with Crippen LogP contribution in [0.2, 0.25) is 0 Å². The molecular formula is C26H22BrN5. The minimum Gasteiger partial charge on any atom is -0.325 e. The van der Waals surface area contributed by atoms with Crippen LogP contribution >= 0.6 is 15.9 Å². The highest BCUT2D eigenvalue weighted by Crippen LogP contribution is 2.30. The van der Waals surface area contributed by atoms with Crippen LogP contribution in [0.5, 0.6) is 0 Å². The molecule has 0 bridgehead atoms. The minimum atomic E-state index is 0.354. The molecule has 158 valence electrons. The Morgan fingerprint density at radius 3 is 2.38 bits per heavy atom. The van der Waals surface area contributed by atoms with Crippen molar-refractivity contribution in [3.05, 3.63) is 106 Å². The van der Waals surface area contributed by atoms with Crippen molar-refractivity contribution in [2.75, 3.05) is 0 Å². The zero-order valence-electron chi connectivity index (χ0n) is 17.7. The van der Waals surface area contributed by atoms with Gasteiger partial charge in [0.2, 0.25) is 0 Å². The first-order chi connectivity index (χ1) is 15.6. The predicted molar refractivity (Wildman–Crippen MR) is 131 cm³/mol. The second-order valence-corrected chi connectivity index (χ2v) is 8.57. The van der Waals surface area contributed by atoms with E-state index >= 15 is 0 Å².